The van der Waals surface area contributed by atoms with Gasteiger partial charge in [0, 0.05) is 15.4 Å². The Morgan fingerprint density at radius 2 is 1.94 bits per heavy atom. The summed E-state index contributed by atoms with van der Waals surface area (Å²) in [5.41, 5.74) is 0.525. The average Bonchev–Trinajstić information content (AvgIpc) is 2.31. The van der Waals surface area contributed by atoms with Crippen LogP contribution in [0.3, 0.4) is 0 Å². The van der Waals surface area contributed by atoms with Crippen molar-refractivity contribution in [1.29, 1.82) is 0 Å². The number of carbonyl (C=O) groups is 2. The third kappa shape index (κ3) is 3.71. The zero-order valence-electron chi connectivity index (χ0n) is 9.91. The van der Waals surface area contributed by atoms with Crippen LogP contribution in [-0.2, 0) is 9.59 Å². The first-order valence-corrected chi connectivity index (χ1v) is 6.48. The van der Waals surface area contributed by atoms with Gasteiger partial charge in [-0.1, -0.05) is 25.4 Å². The van der Waals surface area contributed by atoms with Crippen LogP contribution in [0.25, 0.3) is 0 Å². The van der Waals surface area contributed by atoms with Gasteiger partial charge in [-0.3, -0.25) is 9.59 Å². The number of anilines is 1. The molecule has 1 aromatic carbocycles. The van der Waals surface area contributed by atoms with Crippen molar-refractivity contribution in [2.24, 2.45) is 11.8 Å². The maximum Gasteiger partial charge on any atom is 0.307 e. The first kappa shape index (κ1) is 15.0. The number of halogens is 2. The smallest absolute Gasteiger partial charge is 0.307 e. The molecule has 6 heteroatoms. The molecular formula is C12H13BrClNO3. The number of rotatable bonds is 4. The lowest BCUT2D eigenvalue weighted by Crippen LogP contribution is -2.30. The number of hydrogen-bond acceptors (Lipinski definition) is 2. The van der Waals surface area contributed by atoms with Crippen molar-refractivity contribution in [2.75, 3.05) is 5.32 Å². The maximum atomic E-state index is 11.9. The molecule has 18 heavy (non-hydrogen) atoms. The fourth-order valence-electron chi connectivity index (χ4n) is 1.28. The van der Waals surface area contributed by atoms with E-state index in [1.54, 1.807) is 25.1 Å². The molecule has 0 saturated carbocycles. The summed E-state index contributed by atoms with van der Waals surface area (Å²) in [6.07, 6.45) is 0. The van der Waals surface area contributed by atoms with E-state index >= 15 is 0 Å². The SMILES string of the molecule is CC(C(=O)O)C(C)C(=O)Nc1cc(Cl)ccc1Br. The zero-order valence-corrected chi connectivity index (χ0v) is 12.2. The molecule has 0 aliphatic rings. The summed E-state index contributed by atoms with van der Waals surface area (Å²) in [5, 5.41) is 12.0. The summed E-state index contributed by atoms with van der Waals surface area (Å²) in [7, 11) is 0. The molecular weight excluding hydrogens is 321 g/mol. The van der Waals surface area contributed by atoms with E-state index in [1.165, 1.54) is 6.92 Å². The molecule has 0 radical (unpaired) electrons. The Kier molecular flexibility index (Phi) is 5.16. The third-order valence-corrected chi connectivity index (χ3v) is 3.67. The van der Waals surface area contributed by atoms with Crippen molar-refractivity contribution in [1.82, 2.24) is 0 Å². The molecule has 0 saturated heterocycles. The van der Waals surface area contributed by atoms with Gasteiger partial charge in [-0.05, 0) is 34.1 Å². The van der Waals surface area contributed by atoms with E-state index in [1.807, 2.05) is 0 Å². The highest BCUT2D eigenvalue weighted by atomic mass is 79.9. The van der Waals surface area contributed by atoms with E-state index in [9.17, 15) is 9.59 Å². The topological polar surface area (TPSA) is 66.4 Å². The summed E-state index contributed by atoms with van der Waals surface area (Å²) in [5.74, 6) is -2.73. The first-order valence-electron chi connectivity index (χ1n) is 5.31. The van der Waals surface area contributed by atoms with Crippen LogP contribution in [0.2, 0.25) is 5.02 Å². The van der Waals surface area contributed by atoms with Crippen molar-refractivity contribution >= 4 is 45.1 Å². The summed E-state index contributed by atoms with van der Waals surface area (Å²) >= 11 is 9.11. The number of carbonyl (C=O) groups excluding carboxylic acids is 1. The molecule has 2 unspecified atom stereocenters. The molecule has 0 aromatic heterocycles. The molecule has 0 fully saturated rings. The van der Waals surface area contributed by atoms with Gasteiger partial charge in [-0.25, -0.2) is 0 Å². The van der Waals surface area contributed by atoms with Crippen LogP contribution in [0.15, 0.2) is 22.7 Å². The molecule has 0 aliphatic carbocycles. The monoisotopic (exact) mass is 333 g/mol. The van der Waals surface area contributed by atoms with Crippen LogP contribution < -0.4 is 5.32 Å². The number of nitrogens with one attached hydrogen (secondary N) is 1. The molecule has 2 N–H and O–H groups in total. The number of carboxylic acid groups (broad SMARTS) is 1. The Morgan fingerprint density at radius 1 is 1.33 bits per heavy atom. The van der Waals surface area contributed by atoms with Gasteiger partial charge < -0.3 is 10.4 Å². The van der Waals surface area contributed by atoms with Gasteiger partial charge in [0.25, 0.3) is 0 Å². The van der Waals surface area contributed by atoms with Gasteiger partial charge in [-0.15, -0.1) is 0 Å². The second kappa shape index (κ2) is 6.20. The second-order valence-corrected chi connectivity index (χ2v) is 5.32. The average molecular weight is 335 g/mol. The largest absolute Gasteiger partial charge is 0.481 e. The standard InChI is InChI=1S/C12H13BrClNO3/c1-6(7(2)12(17)18)11(16)15-10-5-8(14)3-4-9(10)13/h3-7H,1-2H3,(H,15,16)(H,17,18). The maximum absolute atomic E-state index is 11.9. The molecule has 0 aliphatic heterocycles. The van der Waals surface area contributed by atoms with Crippen molar-refractivity contribution < 1.29 is 14.7 Å². The van der Waals surface area contributed by atoms with Gasteiger partial charge >= 0.3 is 5.97 Å². The number of benzene rings is 1. The predicted octanol–water partition coefficient (Wildman–Crippen LogP) is 3.40. The number of aliphatic carboxylic acids is 1. The minimum absolute atomic E-state index is 0.354. The van der Waals surface area contributed by atoms with E-state index in [0.29, 0.717) is 15.2 Å². The Hall–Kier alpha value is -1.07. The molecule has 0 spiro atoms. The Morgan fingerprint density at radius 3 is 2.50 bits per heavy atom. The summed E-state index contributed by atoms with van der Waals surface area (Å²) in [6, 6.07) is 5.00. The van der Waals surface area contributed by atoms with Gasteiger partial charge in [-0.2, -0.15) is 0 Å². The lowest BCUT2D eigenvalue weighted by atomic mass is 9.95. The van der Waals surface area contributed by atoms with E-state index in [-0.39, 0.29) is 5.91 Å². The molecule has 2 atom stereocenters. The van der Waals surface area contributed by atoms with Crippen molar-refractivity contribution in [3.8, 4) is 0 Å². The normalized spacial score (nSPS) is 13.8. The molecule has 1 rings (SSSR count). The Bertz CT molecular complexity index is 478. The van der Waals surface area contributed by atoms with Gasteiger partial charge in [0.2, 0.25) is 5.91 Å². The first-order chi connectivity index (χ1) is 8.32. The highest BCUT2D eigenvalue weighted by Crippen LogP contribution is 2.26. The minimum Gasteiger partial charge on any atom is -0.481 e. The summed E-state index contributed by atoms with van der Waals surface area (Å²) in [6.45, 7) is 3.08. The van der Waals surface area contributed by atoms with E-state index in [0.717, 1.165) is 0 Å². The second-order valence-electron chi connectivity index (χ2n) is 4.03. The van der Waals surface area contributed by atoms with Crippen LogP contribution in [0.1, 0.15) is 13.8 Å². The molecule has 0 heterocycles. The fraction of sp³-hybridized carbons (Fsp3) is 0.333. The van der Waals surface area contributed by atoms with Crippen LogP contribution in [0, 0.1) is 11.8 Å². The quantitative estimate of drug-likeness (QED) is 0.887. The molecule has 98 valence electrons. The van der Waals surface area contributed by atoms with Crippen molar-refractivity contribution in [3.05, 3.63) is 27.7 Å². The third-order valence-electron chi connectivity index (χ3n) is 2.74. The highest BCUT2D eigenvalue weighted by Gasteiger charge is 2.26. The number of carboxylic acids is 1. The summed E-state index contributed by atoms with van der Waals surface area (Å²) in [4.78, 5) is 22.7. The molecule has 4 nitrogen and oxygen atoms in total. The van der Waals surface area contributed by atoms with Crippen LogP contribution in [0.4, 0.5) is 5.69 Å². The highest BCUT2D eigenvalue weighted by molar-refractivity contribution is 9.10. The van der Waals surface area contributed by atoms with E-state index < -0.39 is 17.8 Å². The van der Waals surface area contributed by atoms with Crippen LogP contribution in [0.5, 0.6) is 0 Å². The Labute approximate surface area is 118 Å². The number of hydrogen-bond donors (Lipinski definition) is 2. The summed E-state index contributed by atoms with van der Waals surface area (Å²) < 4.78 is 0.690. The Balaban J connectivity index is 2.81. The van der Waals surface area contributed by atoms with Crippen molar-refractivity contribution in [3.63, 3.8) is 0 Å². The van der Waals surface area contributed by atoms with E-state index in [2.05, 4.69) is 21.2 Å². The lowest BCUT2D eigenvalue weighted by molar-refractivity contribution is -0.145. The number of amides is 1. The molecule has 1 amide bonds. The van der Waals surface area contributed by atoms with Crippen LogP contribution in [-0.4, -0.2) is 17.0 Å². The molecule has 0 bridgehead atoms. The minimum atomic E-state index is -0.997. The van der Waals surface area contributed by atoms with E-state index in [4.69, 9.17) is 16.7 Å². The van der Waals surface area contributed by atoms with Gasteiger partial charge in [0.15, 0.2) is 0 Å². The van der Waals surface area contributed by atoms with Crippen molar-refractivity contribution in [2.45, 2.75) is 13.8 Å². The lowest BCUT2D eigenvalue weighted by Gasteiger charge is -2.16. The fourth-order valence-corrected chi connectivity index (χ4v) is 1.80. The van der Waals surface area contributed by atoms with Gasteiger partial charge in [0.05, 0.1) is 11.6 Å². The predicted molar refractivity (Wildman–Crippen MR) is 73.7 cm³/mol. The zero-order chi connectivity index (χ0) is 13.9. The van der Waals surface area contributed by atoms with Gasteiger partial charge in [0.1, 0.15) is 0 Å². The molecule has 1 aromatic rings. The van der Waals surface area contributed by atoms with Crippen LogP contribution >= 0.6 is 27.5 Å².